The minimum Gasteiger partial charge on any atom is -0.492 e. The van der Waals surface area contributed by atoms with E-state index in [2.05, 4.69) is 9.80 Å². The van der Waals surface area contributed by atoms with Crippen molar-refractivity contribution in [3.05, 3.63) is 30.3 Å². The summed E-state index contributed by atoms with van der Waals surface area (Å²) in [6.45, 7) is 6.43. The number of ether oxygens (including phenoxy) is 2. The molecule has 0 radical (unpaired) electrons. The van der Waals surface area contributed by atoms with Crippen LogP contribution in [0.15, 0.2) is 30.3 Å². The van der Waals surface area contributed by atoms with Crippen LogP contribution in [-0.4, -0.2) is 68.8 Å². The molecule has 1 amide bonds. The lowest BCUT2D eigenvalue weighted by Gasteiger charge is -2.47. The maximum absolute atomic E-state index is 12.2. The van der Waals surface area contributed by atoms with Crippen LogP contribution in [0.25, 0.3) is 0 Å². The van der Waals surface area contributed by atoms with E-state index in [9.17, 15) is 4.79 Å². The average Bonchev–Trinajstić information content (AvgIpc) is 2.67. The molecule has 0 aliphatic carbocycles. The molecule has 0 bridgehead atoms. The van der Waals surface area contributed by atoms with E-state index in [1.807, 2.05) is 30.3 Å². The number of nitrogens with zero attached hydrogens (tertiary/aromatic N) is 2. The number of rotatable bonds is 8. The molecule has 3 rings (SSSR count). The highest BCUT2D eigenvalue weighted by molar-refractivity contribution is 5.77. The van der Waals surface area contributed by atoms with Crippen molar-refractivity contribution in [1.82, 2.24) is 9.80 Å². The highest BCUT2D eigenvalue weighted by Crippen LogP contribution is 2.40. The predicted octanol–water partition coefficient (Wildman–Crippen LogP) is 2.81. The summed E-state index contributed by atoms with van der Waals surface area (Å²) in [5.41, 5.74) is 0.331. The fraction of sp³-hybridized carbons (Fsp3) is 0.667. The molecule has 2 heterocycles. The summed E-state index contributed by atoms with van der Waals surface area (Å²) < 4.78 is 11.0. The third kappa shape index (κ3) is 5.21. The third-order valence-corrected chi connectivity index (χ3v) is 5.86. The van der Waals surface area contributed by atoms with Crippen molar-refractivity contribution in [2.45, 2.75) is 32.1 Å². The summed E-state index contributed by atoms with van der Waals surface area (Å²) in [5, 5.41) is 0. The van der Waals surface area contributed by atoms with Crippen LogP contribution in [0.5, 0.6) is 5.75 Å². The first-order valence-electron chi connectivity index (χ1n) is 9.88. The van der Waals surface area contributed by atoms with Crippen molar-refractivity contribution >= 4 is 5.91 Å². The molecule has 0 aromatic heterocycles. The first kappa shape index (κ1) is 19.2. The normalized spacial score (nSPS) is 20.5. The largest absolute Gasteiger partial charge is 0.492 e. The summed E-state index contributed by atoms with van der Waals surface area (Å²) in [7, 11) is 1.72. The molecule has 0 atom stereocenters. The first-order chi connectivity index (χ1) is 12.7. The third-order valence-electron chi connectivity index (χ3n) is 5.86. The molecule has 5 nitrogen and oxygen atoms in total. The van der Waals surface area contributed by atoms with Crippen LogP contribution in [0.2, 0.25) is 0 Å². The molecule has 0 N–H and O–H groups in total. The number of hydrogen-bond acceptors (Lipinski definition) is 4. The van der Waals surface area contributed by atoms with Gasteiger partial charge in [-0.05, 0) is 56.3 Å². The van der Waals surface area contributed by atoms with Crippen molar-refractivity contribution in [3.63, 3.8) is 0 Å². The number of carbonyl (C=O) groups excluding carboxylic acids is 1. The number of likely N-dealkylation sites (tertiary alicyclic amines) is 2. The van der Waals surface area contributed by atoms with Crippen molar-refractivity contribution < 1.29 is 14.3 Å². The van der Waals surface area contributed by atoms with E-state index >= 15 is 0 Å². The summed E-state index contributed by atoms with van der Waals surface area (Å²) in [5.74, 6) is 1.27. The van der Waals surface area contributed by atoms with Crippen molar-refractivity contribution in [3.8, 4) is 5.75 Å². The number of carbonyl (C=O) groups is 1. The van der Waals surface area contributed by atoms with Crippen LogP contribution in [0, 0.1) is 5.41 Å². The Morgan fingerprint density at radius 3 is 2.54 bits per heavy atom. The van der Waals surface area contributed by atoms with Gasteiger partial charge in [-0.3, -0.25) is 9.69 Å². The Kier molecular flexibility index (Phi) is 6.92. The SMILES string of the molecule is COCCCN1CC2(CCC1=O)CCN(CCOc1ccccc1)CC2. The van der Waals surface area contributed by atoms with Gasteiger partial charge in [-0.2, -0.15) is 0 Å². The zero-order valence-corrected chi connectivity index (χ0v) is 16.0. The second-order valence-electron chi connectivity index (χ2n) is 7.66. The van der Waals surface area contributed by atoms with Gasteiger partial charge >= 0.3 is 0 Å². The molecule has 5 heteroatoms. The lowest BCUT2D eigenvalue weighted by molar-refractivity contribution is -0.139. The number of amides is 1. The number of piperidine rings is 2. The van der Waals surface area contributed by atoms with Gasteiger partial charge in [-0.15, -0.1) is 0 Å². The summed E-state index contributed by atoms with van der Waals surface area (Å²) in [4.78, 5) is 16.8. The number of benzene rings is 1. The van der Waals surface area contributed by atoms with Crippen LogP contribution in [0.1, 0.15) is 32.1 Å². The molecule has 0 unspecified atom stereocenters. The van der Waals surface area contributed by atoms with Gasteiger partial charge in [0.15, 0.2) is 0 Å². The zero-order chi connectivity index (χ0) is 18.2. The summed E-state index contributed by atoms with van der Waals surface area (Å²) in [6, 6.07) is 10.0. The van der Waals surface area contributed by atoms with E-state index in [4.69, 9.17) is 9.47 Å². The zero-order valence-electron chi connectivity index (χ0n) is 16.0. The number of methoxy groups -OCH3 is 1. The Balaban J connectivity index is 1.41. The smallest absolute Gasteiger partial charge is 0.222 e. The molecular weight excluding hydrogens is 328 g/mol. The van der Waals surface area contributed by atoms with Crippen LogP contribution in [-0.2, 0) is 9.53 Å². The molecular formula is C21H32N2O3. The fourth-order valence-electron chi connectivity index (χ4n) is 4.17. The Morgan fingerprint density at radius 2 is 1.81 bits per heavy atom. The Hall–Kier alpha value is -1.59. The van der Waals surface area contributed by atoms with Crippen LogP contribution in [0.3, 0.4) is 0 Å². The molecule has 2 aliphatic heterocycles. The monoisotopic (exact) mass is 360 g/mol. The first-order valence-corrected chi connectivity index (χ1v) is 9.88. The molecule has 2 fully saturated rings. The molecule has 2 saturated heterocycles. The Bertz CT molecular complexity index is 556. The van der Waals surface area contributed by atoms with Gasteiger partial charge in [0.25, 0.3) is 0 Å². The van der Waals surface area contributed by atoms with E-state index < -0.39 is 0 Å². The molecule has 26 heavy (non-hydrogen) atoms. The molecule has 144 valence electrons. The minimum absolute atomic E-state index is 0.324. The van der Waals surface area contributed by atoms with Crippen LogP contribution in [0.4, 0.5) is 0 Å². The molecule has 1 spiro atoms. The number of hydrogen-bond donors (Lipinski definition) is 0. The second kappa shape index (κ2) is 9.38. The standard InChI is InChI=1S/C21H32N2O3/c1-25-16-5-12-23-18-21(9-8-20(23)24)10-13-22(14-11-21)15-17-26-19-6-3-2-4-7-19/h2-4,6-7H,5,8-18H2,1H3. The highest BCUT2D eigenvalue weighted by Gasteiger charge is 2.40. The molecule has 1 aromatic carbocycles. The van der Waals surface area contributed by atoms with Crippen molar-refractivity contribution in [1.29, 1.82) is 0 Å². The van der Waals surface area contributed by atoms with Gasteiger partial charge < -0.3 is 14.4 Å². The van der Waals surface area contributed by atoms with Gasteiger partial charge in [0.05, 0.1) is 0 Å². The summed E-state index contributed by atoms with van der Waals surface area (Å²) in [6.07, 6.45) is 5.07. The topological polar surface area (TPSA) is 42.0 Å². The van der Waals surface area contributed by atoms with E-state index in [1.54, 1.807) is 7.11 Å². The van der Waals surface area contributed by atoms with Crippen molar-refractivity contribution in [2.75, 3.05) is 53.0 Å². The predicted molar refractivity (Wildman–Crippen MR) is 102 cm³/mol. The van der Waals surface area contributed by atoms with Gasteiger partial charge in [-0.25, -0.2) is 0 Å². The maximum Gasteiger partial charge on any atom is 0.222 e. The lowest BCUT2D eigenvalue weighted by Crippen LogP contribution is -2.52. The maximum atomic E-state index is 12.2. The second-order valence-corrected chi connectivity index (χ2v) is 7.66. The molecule has 0 saturated carbocycles. The Morgan fingerprint density at radius 1 is 1.04 bits per heavy atom. The molecule has 1 aromatic rings. The van der Waals surface area contributed by atoms with Gasteiger partial charge in [-0.1, -0.05) is 18.2 Å². The molecule has 2 aliphatic rings. The fourth-order valence-corrected chi connectivity index (χ4v) is 4.17. The Labute approximate surface area is 157 Å². The van der Waals surface area contributed by atoms with E-state index in [-0.39, 0.29) is 0 Å². The van der Waals surface area contributed by atoms with E-state index in [1.165, 1.54) is 12.8 Å². The van der Waals surface area contributed by atoms with Crippen LogP contribution >= 0.6 is 0 Å². The van der Waals surface area contributed by atoms with Crippen LogP contribution < -0.4 is 4.74 Å². The summed E-state index contributed by atoms with van der Waals surface area (Å²) >= 11 is 0. The minimum atomic E-state index is 0.324. The number of para-hydroxylation sites is 1. The van der Waals surface area contributed by atoms with Crippen molar-refractivity contribution in [2.24, 2.45) is 5.41 Å². The highest BCUT2D eigenvalue weighted by atomic mass is 16.5. The van der Waals surface area contributed by atoms with Gasteiger partial charge in [0.2, 0.25) is 5.91 Å². The average molecular weight is 360 g/mol. The van der Waals surface area contributed by atoms with Gasteiger partial charge in [0, 0.05) is 39.8 Å². The van der Waals surface area contributed by atoms with E-state index in [0.29, 0.717) is 17.7 Å². The quantitative estimate of drug-likeness (QED) is 0.669. The van der Waals surface area contributed by atoms with E-state index in [0.717, 1.165) is 64.5 Å². The lowest BCUT2D eigenvalue weighted by atomic mass is 9.72. The van der Waals surface area contributed by atoms with Gasteiger partial charge in [0.1, 0.15) is 12.4 Å².